The third kappa shape index (κ3) is 4.08. The molecule has 0 bridgehead atoms. The number of carbonyl (C=O) groups excluding carboxylic acids is 1. The second-order valence-corrected chi connectivity index (χ2v) is 6.87. The van der Waals surface area contributed by atoms with E-state index in [4.69, 9.17) is 0 Å². The fraction of sp³-hybridized carbons (Fsp3) is 0.250. The van der Waals surface area contributed by atoms with Crippen molar-refractivity contribution in [1.82, 2.24) is 14.3 Å². The molecule has 0 atom stereocenters. The molecule has 1 aromatic heterocycles. The number of aromatic nitrogens is 3. The summed E-state index contributed by atoms with van der Waals surface area (Å²) in [4.78, 5) is 25.1. The quantitative estimate of drug-likeness (QED) is 0.710. The van der Waals surface area contributed by atoms with Gasteiger partial charge in [0.15, 0.2) is 0 Å². The van der Waals surface area contributed by atoms with Crippen molar-refractivity contribution in [1.29, 1.82) is 0 Å². The van der Waals surface area contributed by atoms with Gasteiger partial charge >= 0.3 is 11.9 Å². The third-order valence-electron chi connectivity index (χ3n) is 4.61. The lowest BCUT2D eigenvalue weighted by Gasteiger charge is -2.08. The van der Waals surface area contributed by atoms with Gasteiger partial charge < -0.3 is 5.32 Å². The SMILES string of the molecule is O=C(Cn1nc(C2CC2)n(-c2ccccc2)c1=O)Nc1ccc(C(F)(F)F)cc1. The molecule has 3 aromatic rings. The minimum atomic E-state index is -4.45. The molecule has 1 amide bonds. The van der Waals surface area contributed by atoms with E-state index in [1.807, 2.05) is 18.2 Å². The molecule has 150 valence electrons. The maximum Gasteiger partial charge on any atom is 0.416 e. The van der Waals surface area contributed by atoms with E-state index < -0.39 is 23.3 Å². The molecule has 2 aromatic carbocycles. The Balaban J connectivity index is 1.54. The van der Waals surface area contributed by atoms with Crippen LogP contribution in [-0.2, 0) is 17.5 Å². The molecule has 1 aliphatic carbocycles. The van der Waals surface area contributed by atoms with Crippen molar-refractivity contribution in [3.05, 3.63) is 76.5 Å². The number of hydrogen-bond donors (Lipinski definition) is 1. The summed E-state index contributed by atoms with van der Waals surface area (Å²) in [6.07, 6.45) is -2.58. The average molecular weight is 402 g/mol. The van der Waals surface area contributed by atoms with Gasteiger partial charge in [0, 0.05) is 11.6 Å². The lowest BCUT2D eigenvalue weighted by atomic mass is 10.2. The van der Waals surface area contributed by atoms with Crippen molar-refractivity contribution in [3.63, 3.8) is 0 Å². The number of halogens is 3. The average Bonchev–Trinajstić information content (AvgIpc) is 3.47. The number of benzene rings is 2. The molecule has 1 saturated carbocycles. The number of amides is 1. The van der Waals surface area contributed by atoms with E-state index in [1.54, 1.807) is 12.1 Å². The monoisotopic (exact) mass is 402 g/mol. The molecule has 1 aliphatic rings. The predicted molar refractivity (Wildman–Crippen MR) is 99.9 cm³/mol. The first-order valence-corrected chi connectivity index (χ1v) is 9.05. The molecule has 0 spiro atoms. The van der Waals surface area contributed by atoms with Crippen molar-refractivity contribution in [2.24, 2.45) is 0 Å². The van der Waals surface area contributed by atoms with Crippen molar-refractivity contribution in [3.8, 4) is 5.69 Å². The van der Waals surface area contributed by atoms with E-state index >= 15 is 0 Å². The Morgan fingerprint density at radius 2 is 1.72 bits per heavy atom. The maximum absolute atomic E-state index is 12.8. The van der Waals surface area contributed by atoms with Gasteiger partial charge in [-0.15, -0.1) is 0 Å². The molecule has 29 heavy (non-hydrogen) atoms. The highest BCUT2D eigenvalue weighted by Gasteiger charge is 2.32. The van der Waals surface area contributed by atoms with Crippen LogP contribution in [-0.4, -0.2) is 20.3 Å². The normalized spacial score (nSPS) is 14.0. The van der Waals surface area contributed by atoms with E-state index in [-0.39, 0.29) is 18.2 Å². The van der Waals surface area contributed by atoms with Crippen LogP contribution < -0.4 is 11.0 Å². The summed E-state index contributed by atoms with van der Waals surface area (Å²) < 4.78 is 40.5. The summed E-state index contributed by atoms with van der Waals surface area (Å²) in [5.74, 6) is 0.248. The number of para-hydroxylation sites is 1. The number of carbonyl (C=O) groups is 1. The van der Waals surface area contributed by atoms with E-state index in [0.717, 1.165) is 29.7 Å². The highest BCUT2D eigenvalue weighted by Crippen LogP contribution is 2.39. The summed E-state index contributed by atoms with van der Waals surface area (Å²) in [7, 11) is 0. The van der Waals surface area contributed by atoms with Crippen LogP contribution in [0.5, 0.6) is 0 Å². The smallest absolute Gasteiger partial charge is 0.324 e. The summed E-state index contributed by atoms with van der Waals surface area (Å²) in [5, 5.41) is 6.83. The molecule has 0 aliphatic heterocycles. The molecule has 1 N–H and O–H groups in total. The first-order valence-electron chi connectivity index (χ1n) is 9.05. The van der Waals surface area contributed by atoms with Gasteiger partial charge in [-0.1, -0.05) is 18.2 Å². The topological polar surface area (TPSA) is 68.9 Å². The Kier molecular flexibility index (Phi) is 4.73. The van der Waals surface area contributed by atoms with Crippen molar-refractivity contribution in [2.75, 3.05) is 5.32 Å². The van der Waals surface area contributed by atoms with Crippen LogP contribution in [0.4, 0.5) is 18.9 Å². The van der Waals surface area contributed by atoms with Gasteiger partial charge in [-0.2, -0.15) is 18.3 Å². The van der Waals surface area contributed by atoms with Gasteiger partial charge in [0.25, 0.3) is 0 Å². The summed E-state index contributed by atoms with van der Waals surface area (Å²) >= 11 is 0. The first-order chi connectivity index (χ1) is 13.8. The van der Waals surface area contributed by atoms with Crippen LogP contribution >= 0.6 is 0 Å². The van der Waals surface area contributed by atoms with Crippen LogP contribution in [0.3, 0.4) is 0 Å². The summed E-state index contributed by atoms with van der Waals surface area (Å²) in [6, 6.07) is 13.2. The molecule has 4 rings (SSSR count). The third-order valence-corrected chi connectivity index (χ3v) is 4.61. The Morgan fingerprint density at radius 1 is 1.07 bits per heavy atom. The number of alkyl halides is 3. The fourth-order valence-corrected chi connectivity index (χ4v) is 3.03. The van der Waals surface area contributed by atoms with Gasteiger partial charge in [-0.05, 0) is 49.2 Å². The van der Waals surface area contributed by atoms with Crippen molar-refractivity contribution in [2.45, 2.75) is 31.5 Å². The van der Waals surface area contributed by atoms with Crippen molar-refractivity contribution >= 4 is 11.6 Å². The zero-order valence-electron chi connectivity index (χ0n) is 15.2. The van der Waals surface area contributed by atoms with Gasteiger partial charge in [0.2, 0.25) is 5.91 Å². The van der Waals surface area contributed by atoms with Crippen LogP contribution in [0.15, 0.2) is 59.4 Å². The van der Waals surface area contributed by atoms with Gasteiger partial charge in [-0.25, -0.2) is 14.0 Å². The van der Waals surface area contributed by atoms with Gasteiger partial charge in [0.05, 0.1) is 11.3 Å². The van der Waals surface area contributed by atoms with Crippen molar-refractivity contribution < 1.29 is 18.0 Å². The minimum Gasteiger partial charge on any atom is -0.324 e. The first kappa shape index (κ1) is 19.0. The molecular formula is C20H17F3N4O2. The summed E-state index contributed by atoms with van der Waals surface area (Å²) in [6.45, 7) is -0.334. The second-order valence-electron chi connectivity index (χ2n) is 6.87. The van der Waals surface area contributed by atoms with E-state index in [2.05, 4.69) is 10.4 Å². The number of rotatable bonds is 5. The fourth-order valence-electron chi connectivity index (χ4n) is 3.03. The minimum absolute atomic E-state index is 0.183. The lowest BCUT2D eigenvalue weighted by Crippen LogP contribution is -2.29. The maximum atomic E-state index is 12.8. The molecule has 1 heterocycles. The van der Waals surface area contributed by atoms with Gasteiger partial charge in [0.1, 0.15) is 12.4 Å². The molecule has 0 unspecified atom stereocenters. The lowest BCUT2D eigenvalue weighted by molar-refractivity contribution is -0.137. The number of nitrogens with zero attached hydrogens (tertiary/aromatic N) is 3. The highest BCUT2D eigenvalue weighted by atomic mass is 19.4. The predicted octanol–water partition coefficient (Wildman–Crippen LogP) is 3.57. The molecule has 0 radical (unpaired) electrons. The largest absolute Gasteiger partial charge is 0.416 e. The van der Waals surface area contributed by atoms with Crippen LogP contribution in [0.2, 0.25) is 0 Å². The van der Waals surface area contributed by atoms with E-state index in [1.165, 1.54) is 16.7 Å². The Labute approximate surface area is 163 Å². The van der Waals surface area contributed by atoms with E-state index in [0.29, 0.717) is 11.5 Å². The number of anilines is 1. The van der Waals surface area contributed by atoms with Crippen LogP contribution in [0.1, 0.15) is 30.1 Å². The van der Waals surface area contributed by atoms with E-state index in [9.17, 15) is 22.8 Å². The molecule has 6 nitrogen and oxygen atoms in total. The van der Waals surface area contributed by atoms with Crippen LogP contribution in [0, 0.1) is 0 Å². The number of nitrogens with one attached hydrogen (secondary N) is 1. The second kappa shape index (κ2) is 7.23. The molecule has 9 heteroatoms. The Morgan fingerprint density at radius 3 is 2.31 bits per heavy atom. The molecule has 0 saturated heterocycles. The zero-order valence-corrected chi connectivity index (χ0v) is 15.2. The Bertz CT molecular complexity index is 1080. The van der Waals surface area contributed by atoms with Gasteiger partial charge in [-0.3, -0.25) is 4.79 Å². The highest BCUT2D eigenvalue weighted by molar-refractivity contribution is 5.90. The zero-order chi connectivity index (χ0) is 20.6. The number of hydrogen-bond acceptors (Lipinski definition) is 3. The summed E-state index contributed by atoms with van der Waals surface area (Å²) in [5.41, 5.74) is -0.349. The van der Waals surface area contributed by atoms with Crippen LogP contribution in [0.25, 0.3) is 5.69 Å². The Hall–Kier alpha value is -3.36. The molecular weight excluding hydrogens is 385 g/mol. The molecule has 1 fully saturated rings. The standard InChI is InChI=1S/C20H17F3N4O2/c21-20(22,23)14-8-10-15(11-9-14)24-17(28)12-26-19(29)27(16-4-2-1-3-5-16)18(25-26)13-6-7-13/h1-5,8-11,13H,6-7,12H2,(H,24,28).